The van der Waals surface area contributed by atoms with Gasteiger partial charge in [-0.15, -0.1) is 0 Å². The van der Waals surface area contributed by atoms with Crippen LogP contribution < -0.4 is 0 Å². The van der Waals surface area contributed by atoms with E-state index in [0.717, 1.165) is 5.56 Å². The van der Waals surface area contributed by atoms with E-state index in [-0.39, 0.29) is 0 Å². The monoisotopic (exact) mass is 187 g/mol. The smallest absolute Gasteiger partial charge is 0.243 e. The molecule has 6 nitrogen and oxygen atoms in total. The molecule has 3 aromatic rings. The molecule has 3 heterocycles. The summed E-state index contributed by atoms with van der Waals surface area (Å²) < 4.78 is 4.49. The second-order valence-electron chi connectivity index (χ2n) is 2.76. The van der Waals surface area contributed by atoms with E-state index in [4.69, 9.17) is 0 Å². The van der Waals surface area contributed by atoms with Crippen LogP contribution in [0.5, 0.6) is 0 Å². The lowest BCUT2D eigenvalue weighted by Gasteiger charge is -1.92. The molecule has 0 fully saturated rings. The van der Waals surface area contributed by atoms with Crippen LogP contribution >= 0.6 is 0 Å². The molecule has 14 heavy (non-hydrogen) atoms. The highest BCUT2D eigenvalue weighted by Gasteiger charge is 2.08. The van der Waals surface area contributed by atoms with Gasteiger partial charge >= 0.3 is 0 Å². The van der Waals surface area contributed by atoms with Gasteiger partial charge in [-0.2, -0.15) is 0 Å². The lowest BCUT2D eigenvalue weighted by Crippen LogP contribution is -1.81. The average Bonchev–Trinajstić information content (AvgIpc) is 2.78. The molecule has 0 radical (unpaired) electrons. The second-order valence-corrected chi connectivity index (χ2v) is 2.76. The second kappa shape index (κ2) is 2.63. The van der Waals surface area contributed by atoms with Crippen molar-refractivity contribution in [1.82, 2.24) is 25.3 Å². The fraction of sp³-hybridized carbons (Fsp3) is 0. The van der Waals surface area contributed by atoms with Crippen molar-refractivity contribution in [3.05, 3.63) is 24.5 Å². The molecule has 3 rings (SSSR count). The molecule has 0 aliphatic rings. The van der Waals surface area contributed by atoms with Crippen molar-refractivity contribution in [2.45, 2.75) is 0 Å². The lowest BCUT2D eigenvalue weighted by molar-refractivity contribution is 0.313. The van der Waals surface area contributed by atoms with E-state index in [0.29, 0.717) is 17.1 Å². The van der Waals surface area contributed by atoms with E-state index in [2.05, 4.69) is 29.9 Å². The van der Waals surface area contributed by atoms with Gasteiger partial charge in [-0.3, -0.25) is 4.98 Å². The summed E-state index contributed by atoms with van der Waals surface area (Å²) in [6.45, 7) is 0. The van der Waals surface area contributed by atoms with Crippen LogP contribution in [0.4, 0.5) is 0 Å². The van der Waals surface area contributed by atoms with E-state index in [1.807, 2.05) is 12.1 Å². The van der Waals surface area contributed by atoms with Crippen LogP contribution in [-0.2, 0) is 0 Å². The Labute approximate surface area is 78.0 Å². The highest BCUT2D eigenvalue weighted by Crippen LogP contribution is 2.16. The molecule has 0 bridgehead atoms. The normalized spacial score (nSPS) is 10.9. The van der Waals surface area contributed by atoms with Crippen molar-refractivity contribution < 1.29 is 4.63 Å². The Morgan fingerprint density at radius 1 is 1.29 bits per heavy atom. The summed E-state index contributed by atoms with van der Waals surface area (Å²) in [5, 5.41) is 7.26. The van der Waals surface area contributed by atoms with Gasteiger partial charge in [0.25, 0.3) is 0 Å². The van der Waals surface area contributed by atoms with Crippen molar-refractivity contribution in [3.63, 3.8) is 0 Å². The summed E-state index contributed by atoms with van der Waals surface area (Å²) in [6.07, 6.45) is 3.42. The predicted octanol–water partition coefficient (Wildman–Crippen LogP) is 1.01. The van der Waals surface area contributed by atoms with Gasteiger partial charge in [0.15, 0.2) is 0 Å². The van der Waals surface area contributed by atoms with Gasteiger partial charge in [0.2, 0.25) is 11.3 Å². The number of hydrogen-bond acceptors (Lipinski definition) is 5. The first-order chi connectivity index (χ1) is 6.93. The maximum atomic E-state index is 4.49. The molecule has 6 heteroatoms. The summed E-state index contributed by atoms with van der Waals surface area (Å²) in [4.78, 5) is 11.1. The van der Waals surface area contributed by atoms with Crippen molar-refractivity contribution in [3.8, 4) is 11.4 Å². The first-order valence-corrected chi connectivity index (χ1v) is 4.02. The van der Waals surface area contributed by atoms with E-state index in [1.54, 1.807) is 12.4 Å². The minimum Gasteiger partial charge on any atom is -0.318 e. The number of H-pyrrole nitrogens is 1. The van der Waals surface area contributed by atoms with Gasteiger partial charge in [0.1, 0.15) is 5.82 Å². The van der Waals surface area contributed by atoms with Gasteiger partial charge in [-0.1, -0.05) is 0 Å². The topological polar surface area (TPSA) is 80.5 Å². The number of hydrogen-bond donors (Lipinski definition) is 1. The van der Waals surface area contributed by atoms with Crippen LogP contribution in [0.1, 0.15) is 0 Å². The quantitative estimate of drug-likeness (QED) is 0.614. The van der Waals surface area contributed by atoms with Gasteiger partial charge < -0.3 is 4.98 Å². The number of pyridine rings is 1. The molecular formula is C8H5N5O. The number of nitrogens with one attached hydrogen (secondary N) is 1. The molecule has 0 saturated carbocycles. The van der Waals surface area contributed by atoms with E-state index in [1.165, 1.54) is 0 Å². The van der Waals surface area contributed by atoms with Crippen LogP contribution in [0.25, 0.3) is 22.7 Å². The Morgan fingerprint density at radius 3 is 3.07 bits per heavy atom. The average molecular weight is 187 g/mol. The van der Waals surface area contributed by atoms with Gasteiger partial charge in [-0.25, -0.2) is 9.61 Å². The summed E-state index contributed by atoms with van der Waals surface area (Å²) in [5.41, 5.74) is 1.92. The van der Waals surface area contributed by atoms with Crippen molar-refractivity contribution in [2.75, 3.05) is 0 Å². The van der Waals surface area contributed by atoms with Crippen LogP contribution in [0, 0.1) is 0 Å². The van der Waals surface area contributed by atoms with Crippen molar-refractivity contribution in [1.29, 1.82) is 0 Å². The van der Waals surface area contributed by atoms with Crippen molar-refractivity contribution in [2.24, 2.45) is 0 Å². The summed E-state index contributed by atoms with van der Waals surface area (Å²) >= 11 is 0. The number of aromatic amines is 1. The zero-order chi connectivity index (χ0) is 9.38. The zero-order valence-electron chi connectivity index (χ0n) is 7.01. The molecule has 0 aliphatic carbocycles. The summed E-state index contributed by atoms with van der Waals surface area (Å²) in [6, 6.07) is 3.75. The van der Waals surface area contributed by atoms with Crippen LogP contribution in [0.15, 0.2) is 29.2 Å². The summed E-state index contributed by atoms with van der Waals surface area (Å²) in [7, 11) is 0. The highest BCUT2D eigenvalue weighted by atomic mass is 16.6. The standard InChI is InChI=1S/C8H5N5O/c1-2-5(4-9-3-1)6-10-7-8(11-6)13-14-12-7/h1-4H,(H,10,11,12,13). The maximum Gasteiger partial charge on any atom is 0.243 e. The molecule has 0 amide bonds. The zero-order valence-corrected chi connectivity index (χ0v) is 7.01. The van der Waals surface area contributed by atoms with Gasteiger partial charge in [-0.05, 0) is 22.4 Å². The maximum absolute atomic E-state index is 4.49. The summed E-state index contributed by atoms with van der Waals surface area (Å²) in [5.74, 6) is 0.693. The molecule has 68 valence electrons. The number of imidazole rings is 1. The predicted molar refractivity (Wildman–Crippen MR) is 47.2 cm³/mol. The molecule has 0 atom stereocenters. The Bertz CT molecular complexity index is 527. The lowest BCUT2D eigenvalue weighted by atomic mass is 10.3. The first-order valence-electron chi connectivity index (χ1n) is 4.02. The van der Waals surface area contributed by atoms with Crippen LogP contribution in [0.3, 0.4) is 0 Å². The van der Waals surface area contributed by atoms with E-state index < -0.39 is 0 Å². The van der Waals surface area contributed by atoms with Crippen LogP contribution in [0.2, 0.25) is 0 Å². The van der Waals surface area contributed by atoms with E-state index >= 15 is 0 Å². The molecule has 0 unspecified atom stereocenters. The molecule has 3 aromatic heterocycles. The van der Waals surface area contributed by atoms with Gasteiger partial charge in [0, 0.05) is 18.0 Å². The Balaban J connectivity index is 2.19. The number of nitrogens with zero attached hydrogens (tertiary/aromatic N) is 4. The Hall–Kier alpha value is -2.24. The third-order valence-electron chi connectivity index (χ3n) is 1.86. The first kappa shape index (κ1) is 7.19. The fourth-order valence-corrected chi connectivity index (χ4v) is 1.22. The molecule has 0 aliphatic heterocycles. The Kier molecular flexibility index (Phi) is 1.35. The minimum absolute atomic E-state index is 0.476. The van der Waals surface area contributed by atoms with Crippen molar-refractivity contribution >= 4 is 11.3 Å². The Morgan fingerprint density at radius 2 is 2.29 bits per heavy atom. The molecule has 0 aromatic carbocycles. The van der Waals surface area contributed by atoms with Crippen LogP contribution in [-0.4, -0.2) is 25.3 Å². The number of rotatable bonds is 1. The minimum atomic E-state index is 0.476. The molecule has 1 N–H and O–H groups in total. The third-order valence-corrected chi connectivity index (χ3v) is 1.86. The number of aromatic nitrogens is 5. The van der Waals surface area contributed by atoms with E-state index in [9.17, 15) is 0 Å². The fourth-order valence-electron chi connectivity index (χ4n) is 1.22. The molecular weight excluding hydrogens is 182 g/mol. The SMILES string of the molecule is c1cncc(-c2nc3nonc3[nH]2)c1. The molecule has 0 saturated heterocycles. The molecule has 0 spiro atoms. The highest BCUT2D eigenvalue weighted by molar-refractivity contribution is 5.70. The number of fused-ring (bicyclic) bond motifs is 1. The largest absolute Gasteiger partial charge is 0.318 e. The third kappa shape index (κ3) is 0.972. The van der Waals surface area contributed by atoms with Gasteiger partial charge in [0.05, 0.1) is 0 Å².